The van der Waals surface area contributed by atoms with Gasteiger partial charge in [0.05, 0.1) is 17.8 Å². The van der Waals surface area contributed by atoms with Crippen molar-refractivity contribution < 1.29 is 9.18 Å². The minimum absolute atomic E-state index is 0.214. The van der Waals surface area contributed by atoms with E-state index in [0.29, 0.717) is 36.5 Å². The maximum Gasteiger partial charge on any atom is 0.322 e. The number of benzene rings is 2. The molecule has 1 aromatic heterocycles. The van der Waals surface area contributed by atoms with E-state index < -0.39 is 0 Å². The third-order valence-corrected chi connectivity index (χ3v) is 5.31. The Labute approximate surface area is 173 Å². The summed E-state index contributed by atoms with van der Waals surface area (Å²) in [6.45, 7) is 4.65. The van der Waals surface area contributed by atoms with Crippen molar-refractivity contribution >= 4 is 11.7 Å². The summed E-state index contributed by atoms with van der Waals surface area (Å²) in [6.07, 6.45) is 0.926. The molecule has 7 heteroatoms. The second-order valence-electron chi connectivity index (χ2n) is 7.66. The van der Waals surface area contributed by atoms with Gasteiger partial charge in [0, 0.05) is 25.1 Å². The molecule has 0 bridgehead atoms. The molecule has 6 nitrogen and oxygen atoms in total. The lowest BCUT2D eigenvalue weighted by molar-refractivity contribution is 0.205. The topological polar surface area (TPSA) is 78.1 Å². The number of rotatable bonds is 3. The molecule has 0 atom stereocenters. The van der Waals surface area contributed by atoms with Crippen molar-refractivity contribution in [2.24, 2.45) is 0 Å². The van der Waals surface area contributed by atoms with Crippen molar-refractivity contribution in [3.8, 4) is 0 Å². The molecule has 30 heavy (non-hydrogen) atoms. The van der Waals surface area contributed by atoms with Crippen molar-refractivity contribution in [2.45, 2.75) is 33.2 Å². The highest BCUT2D eigenvalue weighted by atomic mass is 19.1. The Morgan fingerprint density at radius 3 is 2.70 bits per heavy atom. The number of amides is 2. The van der Waals surface area contributed by atoms with Crippen LogP contribution < -0.4 is 10.9 Å². The van der Waals surface area contributed by atoms with Crippen molar-refractivity contribution in [3.63, 3.8) is 0 Å². The second kappa shape index (κ2) is 8.10. The van der Waals surface area contributed by atoms with Crippen LogP contribution in [-0.2, 0) is 19.4 Å². The van der Waals surface area contributed by atoms with Crippen molar-refractivity contribution in [1.82, 2.24) is 14.9 Å². The fraction of sp³-hybridized carbons (Fsp3) is 0.261. The molecule has 0 unspecified atom stereocenters. The second-order valence-corrected chi connectivity index (χ2v) is 7.66. The zero-order valence-corrected chi connectivity index (χ0v) is 17.0. The van der Waals surface area contributed by atoms with Gasteiger partial charge < -0.3 is 15.2 Å². The highest BCUT2D eigenvalue weighted by molar-refractivity contribution is 5.90. The molecule has 0 saturated carbocycles. The van der Waals surface area contributed by atoms with Gasteiger partial charge in [-0.1, -0.05) is 29.8 Å². The Hall–Kier alpha value is -3.48. The number of H-pyrrole nitrogens is 1. The van der Waals surface area contributed by atoms with E-state index in [1.807, 2.05) is 32.0 Å². The Morgan fingerprint density at radius 2 is 1.97 bits per heavy atom. The molecule has 0 radical (unpaired) electrons. The molecule has 4 rings (SSSR count). The number of aromatic nitrogens is 2. The average Bonchev–Trinajstić information content (AvgIpc) is 2.71. The SMILES string of the molecule is Cc1ccc(NC(=O)N2CCc3nc(Cc4ccc(F)cc4)[nH]c(=O)c3C2)c(C)c1. The zero-order chi connectivity index (χ0) is 21.3. The number of hydrogen-bond donors (Lipinski definition) is 2. The molecular weight excluding hydrogens is 383 g/mol. The van der Waals surface area contributed by atoms with Gasteiger partial charge in [-0.05, 0) is 43.2 Å². The van der Waals surface area contributed by atoms with Gasteiger partial charge in [0.1, 0.15) is 11.6 Å². The van der Waals surface area contributed by atoms with Gasteiger partial charge in [0.15, 0.2) is 0 Å². The van der Waals surface area contributed by atoms with Crippen LogP contribution in [0, 0.1) is 19.7 Å². The smallest absolute Gasteiger partial charge is 0.320 e. The molecule has 2 aromatic carbocycles. The Kier molecular flexibility index (Phi) is 5.35. The number of carbonyl (C=O) groups excluding carboxylic acids is 1. The van der Waals surface area contributed by atoms with Crippen molar-refractivity contribution in [3.05, 3.63) is 92.4 Å². The summed E-state index contributed by atoms with van der Waals surface area (Å²) in [4.78, 5) is 34.4. The summed E-state index contributed by atoms with van der Waals surface area (Å²) >= 11 is 0. The number of nitrogens with zero attached hydrogens (tertiary/aromatic N) is 2. The third-order valence-electron chi connectivity index (χ3n) is 5.31. The highest BCUT2D eigenvalue weighted by Gasteiger charge is 2.25. The molecule has 0 saturated heterocycles. The van der Waals surface area contributed by atoms with Gasteiger partial charge in [-0.3, -0.25) is 4.79 Å². The van der Waals surface area contributed by atoms with Gasteiger partial charge in [-0.25, -0.2) is 14.2 Å². The van der Waals surface area contributed by atoms with Crippen LogP contribution in [0.15, 0.2) is 47.3 Å². The normalized spacial score (nSPS) is 13.1. The molecular formula is C23H23FN4O2. The molecule has 0 fully saturated rings. The van der Waals surface area contributed by atoms with E-state index in [0.717, 1.165) is 22.4 Å². The maximum atomic E-state index is 13.1. The summed E-state index contributed by atoms with van der Waals surface area (Å²) in [5.41, 5.74) is 4.74. The fourth-order valence-corrected chi connectivity index (χ4v) is 3.68. The van der Waals surface area contributed by atoms with Crippen LogP contribution in [0.1, 0.15) is 33.8 Å². The van der Waals surface area contributed by atoms with Crippen LogP contribution in [0.25, 0.3) is 0 Å². The molecule has 2 amide bonds. The standard InChI is InChI=1S/C23H23FN4O2/c1-14-3-8-19(15(2)11-14)26-23(30)28-10-9-20-18(13-28)22(29)27-21(25-20)12-16-4-6-17(24)7-5-16/h3-8,11H,9-10,12-13H2,1-2H3,(H,26,30)(H,25,27,29). The molecule has 2 N–H and O–H groups in total. The van der Waals surface area contributed by atoms with E-state index in [9.17, 15) is 14.0 Å². The quantitative estimate of drug-likeness (QED) is 0.696. The van der Waals surface area contributed by atoms with Crippen LogP contribution in [0.5, 0.6) is 0 Å². The van der Waals surface area contributed by atoms with Crippen LogP contribution in [-0.4, -0.2) is 27.4 Å². The summed E-state index contributed by atoms with van der Waals surface area (Å²) < 4.78 is 13.1. The van der Waals surface area contributed by atoms with Crippen LogP contribution >= 0.6 is 0 Å². The molecule has 154 valence electrons. The summed E-state index contributed by atoms with van der Waals surface area (Å²) in [5, 5.41) is 2.93. The first kappa shape index (κ1) is 19.8. The predicted molar refractivity (Wildman–Crippen MR) is 113 cm³/mol. The van der Waals surface area contributed by atoms with E-state index in [2.05, 4.69) is 15.3 Å². The maximum absolute atomic E-state index is 13.1. The molecule has 3 aromatic rings. The average molecular weight is 406 g/mol. The van der Waals surface area contributed by atoms with Gasteiger partial charge in [0.25, 0.3) is 5.56 Å². The predicted octanol–water partition coefficient (Wildman–Crippen LogP) is 3.71. The monoisotopic (exact) mass is 406 g/mol. The third kappa shape index (κ3) is 4.25. The Bertz CT molecular complexity index is 1150. The molecule has 2 heterocycles. The lowest BCUT2D eigenvalue weighted by Gasteiger charge is -2.28. The van der Waals surface area contributed by atoms with E-state index in [-0.39, 0.29) is 24.0 Å². The molecule has 0 spiro atoms. The number of anilines is 1. The fourth-order valence-electron chi connectivity index (χ4n) is 3.68. The highest BCUT2D eigenvalue weighted by Crippen LogP contribution is 2.19. The number of hydrogen-bond acceptors (Lipinski definition) is 3. The first-order chi connectivity index (χ1) is 14.4. The zero-order valence-electron chi connectivity index (χ0n) is 17.0. The van der Waals surface area contributed by atoms with Gasteiger partial charge >= 0.3 is 6.03 Å². The van der Waals surface area contributed by atoms with Gasteiger partial charge in [-0.2, -0.15) is 0 Å². The lowest BCUT2D eigenvalue weighted by atomic mass is 10.1. The molecule has 0 aliphatic carbocycles. The van der Waals surface area contributed by atoms with E-state index >= 15 is 0 Å². The number of urea groups is 1. The summed E-state index contributed by atoms with van der Waals surface area (Å²) in [5.74, 6) is 0.239. The van der Waals surface area contributed by atoms with Crippen LogP contribution in [0.2, 0.25) is 0 Å². The van der Waals surface area contributed by atoms with Gasteiger partial charge in [0.2, 0.25) is 0 Å². The Morgan fingerprint density at radius 1 is 1.20 bits per heavy atom. The minimum atomic E-state index is -0.301. The van der Waals surface area contributed by atoms with E-state index in [4.69, 9.17) is 0 Å². The lowest BCUT2D eigenvalue weighted by Crippen LogP contribution is -2.42. The van der Waals surface area contributed by atoms with Crippen molar-refractivity contribution in [2.75, 3.05) is 11.9 Å². The number of halogens is 1. The van der Waals surface area contributed by atoms with E-state index in [1.165, 1.54) is 12.1 Å². The summed E-state index contributed by atoms with van der Waals surface area (Å²) in [6, 6.07) is 11.7. The van der Waals surface area contributed by atoms with E-state index in [1.54, 1.807) is 17.0 Å². The first-order valence-electron chi connectivity index (χ1n) is 9.87. The number of carbonyl (C=O) groups is 1. The van der Waals surface area contributed by atoms with Crippen LogP contribution in [0.4, 0.5) is 14.9 Å². The Balaban J connectivity index is 1.49. The number of aryl methyl sites for hydroxylation is 2. The summed E-state index contributed by atoms with van der Waals surface area (Å²) in [7, 11) is 0. The number of nitrogens with one attached hydrogen (secondary N) is 2. The molecule has 1 aliphatic heterocycles. The van der Waals surface area contributed by atoms with Gasteiger partial charge in [-0.15, -0.1) is 0 Å². The number of fused-ring (bicyclic) bond motifs is 1. The first-order valence-corrected chi connectivity index (χ1v) is 9.87. The van der Waals surface area contributed by atoms with Crippen molar-refractivity contribution in [1.29, 1.82) is 0 Å². The molecule has 1 aliphatic rings. The number of aromatic amines is 1. The largest absolute Gasteiger partial charge is 0.322 e. The minimum Gasteiger partial charge on any atom is -0.320 e. The van der Waals surface area contributed by atoms with Crippen LogP contribution in [0.3, 0.4) is 0 Å².